The second kappa shape index (κ2) is 8.40. The van der Waals surface area contributed by atoms with Gasteiger partial charge in [0, 0.05) is 14.9 Å². The average Bonchev–Trinajstić information content (AvgIpc) is 2.87. The second-order valence-corrected chi connectivity index (χ2v) is 7.39. The number of H-pyrrole nitrogens is 1. The van der Waals surface area contributed by atoms with Crippen LogP contribution in [-0.4, -0.2) is 28.3 Å². The van der Waals surface area contributed by atoms with Gasteiger partial charge in [-0.2, -0.15) is 0 Å². The molecule has 0 aliphatic carbocycles. The molecule has 0 radical (unpaired) electrons. The van der Waals surface area contributed by atoms with Crippen molar-refractivity contribution in [3.8, 4) is 0 Å². The van der Waals surface area contributed by atoms with Crippen LogP contribution in [0, 0.1) is 0 Å². The van der Waals surface area contributed by atoms with Crippen LogP contribution in [0.2, 0.25) is 10.0 Å². The Labute approximate surface area is 150 Å². The Kier molecular flexibility index (Phi) is 6.80. The summed E-state index contributed by atoms with van der Waals surface area (Å²) in [6, 6.07) is 5.45. The molecule has 0 saturated carbocycles. The molecule has 2 rings (SSSR count). The Morgan fingerprint density at radius 3 is 2.43 bits per heavy atom. The summed E-state index contributed by atoms with van der Waals surface area (Å²) in [4.78, 5) is 8.92. The lowest BCUT2D eigenvalue weighted by Crippen LogP contribution is -2.06. The molecule has 2 N–H and O–H groups in total. The number of aliphatic hydroxyl groups is 1. The number of hydrogen-bond donors (Lipinski definition) is 2. The Bertz CT molecular complexity index is 641. The third-order valence-corrected chi connectivity index (χ3v) is 4.59. The van der Waals surface area contributed by atoms with E-state index in [-0.39, 0.29) is 25.2 Å². The minimum absolute atomic E-state index is 0.00922. The van der Waals surface area contributed by atoms with Gasteiger partial charge in [0.25, 0.3) is 0 Å². The van der Waals surface area contributed by atoms with E-state index in [2.05, 4.69) is 23.8 Å². The maximum Gasteiger partial charge on any atom is 0.136 e. The zero-order valence-electron chi connectivity index (χ0n) is 13.3. The van der Waals surface area contributed by atoms with E-state index in [1.807, 2.05) is 19.1 Å². The molecule has 1 aromatic carbocycles. The zero-order valence-corrected chi connectivity index (χ0v) is 15.6. The number of aliphatic hydroxyl groups excluding tert-OH is 1. The molecule has 1 unspecified atom stereocenters. The van der Waals surface area contributed by atoms with Gasteiger partial charge in [0.15, 0.2) is 0 Å². The Morgan fingerprint density at radius 2 is 1.87 bits per heavy atom. The predicted octanol–water partition coefficient (Wildman–Crippen LogP) is 5.06. The van der Waals surface area contributed by atoms with Gasteiger partial charge in [0.05, 0.1) is 18.9 Å². The van der Waals surface area contributed by atoms with Crippen LogP contribution in [-0.2, 0) is 4.74 Å². The molecule has 2 aromatic rings. The highest BCUT2D eigenvalue weighted by atomic mass is 35.5. The lowest BCUT2D eigenvalue weighted by atomic mass is 10.2. The average molecular weight is 375 g/mol. The van der Waals surface area contributed by atoms with Crippen LogP contribution >= 0.6 is 35.0 Å². The van der Waals surface area contributed by atoms with Crippen LogP contribution in [0.25, 0.3) is 0 Å². The third-order valence-electron chi connectivity index (χ3n) is 3.16. The minimum Gasteiger partial charge on any atom is -0.394 e. The van der Waals surface area contributed by atoms with E-state index in [1.54, 1.807) is 17.8 Å². The molecule has 1 aromatic heterocycles. The van der Waals surface area contributed by atoms with Crippen LogP contribution in [0.4, 0.5) is 0 Å². The number of halogens is 2. The van der Waals surface area contributed by atoms with Crippen LogP contribution in [0.5, 0.6) is 0 Å². The Balaban J connectivity index is 2.27. The van der Waals surface area contributed by atoms with Crippen molar-refractivity contribution in [2.75, 3.05) is 13.2 Å². The van der Waals surface area contributed by atoms with Crippen LogP contribution in [0.3, 0.4) is 0 Å². The Morgan fingerprint density at radius 1 is 1.22 bits per heavy atom. The zero-order chi connectivity index (χ0) is 17.0. The van der Waals surface area contributed by atoms with E-state index in [0.29, 0.717) is 10.0 Å². The second-order valence-electron chi connectivity index (χ2n) is 5.43. The molecule has 0 amide bonds. The van der Waals surface area contributed by atoms with Gasteiger partial charge in [0.2, 0.25) is 0 Å². The fraction of sp³-hybridized carbons (Fsp3) is 0.438. The highest BCUT2D eigenvalue weighted by Crippen LogP contribution is 2.36. The maximum absolute atomic E-state index is 8.87. The largest absolute Gasteiger partial charge is 0.394 e. The quantitative estimate of drug-likeness (QED) is 0.710. The van der Waals surface area contributed by atoms with Crippen LogP contribution in [0.15, 0.2) is 28.1 Å². The van der Waals surface area contributed by atoms with Gasteiger partial charge < -0.3 is 14.8 Å². The summed E-state index contributed by atoms with van der Waals surface area (Å²) in [6.45, 7) is 6.36. The van der Waals surface area contributed by atoms with Gasteiger partial charge in [-0.15, -0.1) is 0 Å². The molecular formula is C16H20Cl2N2O2S. The highest BCUT2D eigenvalue weighted by Gasteiger charge is 2.18. The van der Waals surface area contributed by atoms with Crippen molar-refractivity contribution >= 4 is 35.0 Å². The number of nitrogens with one attached hydrogen (secondary N) is 1. The van der Waals surface area contributed by atoms with Crippen molar-refractivity contribution in [3.05, 3.63) is 39.8 Å². The first-order chi connectivity index (χ1) is 10.9. The molecular weight excluding hydrogens is 355 g/mol. The van der Waals surface area contributed by atoms with Crippen molar-refractivity contribution in [1.29, 1.82) is 0 Å². The lowest BCUT2D eigenvalue weighted by molar-refractivity contribution is 0.0340. The smallest absolute Gasteiger partial charge is 0.136 e. The van der Waals surface area contributed by atoms with Crippen molar-refractivity contribution < 1.29 is 9.84 Å². The van der Waals surface area contributed by atoms with E-state index >= 15 is 0 Å². The molecule has 0 saturated heterocycles. The SMILES string of the molecule is CC(C)c1nc(C(C)OCCO)[nH]c1Sc1cc(Cl)cc(Cl)c1. The maximum atomic E-state index is 8.87. The first-order valence-corrected chi connectivity index (χ1v) is 8.94. The number of hydrogen-bond acceptors (Lipinski definition) is 4. The third kappa shape index (κ3) is 5.13. The van der Waals surface area contributed by atoms with E-state index in [0.717, 1.165) is 21.4 Å². The molecule has 1 atom stereocenters. The monoisotopic (exact) mass is 374 g/mol. The van der Waals surface area contributed by atoms with E-state index in [9.17, 15) is 0 Å². The number of ether oxygens (including phenoxy) is 1. The molecule has 7 heteroatoms. The molecule has 23 heavy (non-hydrogen) atoms. The number of nitrogens with zero attached hydrogens (tertiary/aromatic N) is 1. The summed E-state index contributed by atoms with van der Waals surface area (Å²) in [7, 11) is 0. The van der Waals surface area contributed by atoms with Crippen LogP contribution in [0.1, 0.15) is 44.3 Å². The number of imidazole rings is 1. The molecule has 0 bridgehead atoms. The molecule has 0 fully saturated rings. The van der Waals surface area contributed by atoms with Crippen molar-refractivity contribution in [1.82, 2.24) is 9.97 Å². The predicted molar refractivity (Wildman–Crippen MR) is 94.7 cm³/mol. The van der Waals surface area contributed by atoms with Crippen molar-refractivity contribution in [2.45, 2.75) is 42.7 Å². The van der Waals surface area contributed by atoms with Gasteiger partial charge in [-0.3, -0.25) is 0 Å². The fourth-order valence-electron chi connectivity index (χ4n) is 2.06. The van der Waals surface area contributed by atoms with E-state index in [4.69, 9.17) is 33.0 Å². The molecule has 126 valence electrons. The highest BCUT2D eigenvalue weighted by molar-refractivity contribution is 7.99. The number of aromatic amines is 1. The summed E-state index contributed by atoms with van der Waals surface area (Å²) in [6.07, 6.45) is -0.211. The summed E-state index contributed by atoms with van der Waals surface area (Å²) >= 11 is 13.7. The molecule has 4 nitrogen and oxygen atoms in total. The molecule has 1 heterocycles. The fourth-order valence-corrected chi connectivity index (χ4v) is 3.87. The summed E-state index contributed by atoms with van der Waals surface area (Å²) in [5, 5.41) is 11.0. The van der Waals surface area contributed by atoms with Crippen molar-refractivity contribution in [2.24, 2.45) is 0 Å². The molecule has 0 spiro atoms. The first-order valence-electron chi connectivity index (χ1n) is 7.37. The normalized spacial score (nSPS) is 12.8. The summed E-state index contributed by atoms with van der Waals surface area (Å²) in [5.74, 6) is 1.01. The van der Waals surface area contributed by atoms with Gasteiger partial charge in [-0.05, 0) is 31.0 Å². The van der Waals surface area contributed by atoms with Gasteiger partial charge in [-0.25, -0.2) is 4.98 Å². The van der Waals surface area contributed by atoms with E-state index in [1.165, 1.54) is 0 Å². The summed E-state index contributed by atoms with van der Waals surface area (Å²) in [5.41, 5.74) is 0.973. The topological polar surface area (TPSA) is 58.1 Å². The number of aromatic nitrogens is 2. The van der Waals surface area contributed by atoms with Crippen molar-refractivity contribution in [3.63, 3.8) is 0 Å². The van der Waals surface area contributed by atoms with E-state index < -0.39 is 0 Å². The summed E-state index contributed by atoms with van der Waals surface area (Å²) < 4.78 is 5.52. The standard InChI is InChI=1S/C16H20Cl2N2O2S/c1-9(2)14-16(20-15(19-14)10(3)22-5-4-21)23-13-7-11(17)6-12(18)8-13/h6-10,21H,4-5H2,1-3H3,(H,19,20). The Hall–Kier alpha value is -0.720. The number of rotatable bonds is 7. The first kappa shape index (κ1) is 18.6. The van der Waals surface area contributed by atoms with Gasteiger partial charge in [0.1, 0.15) is 17.0 Å². The van der Waals surface area contributed by atoms with Gasteiger partial charge >= 0.3 is 0 Å². The van der Waals surface area contributed by atoms with Gasteiger partial charge in [-0.1, -0.05) is 48.8 Å². The molecule has 0 aliphatic heterocycles. The van der Waals surface area contributed by atoms with Crippen LogP contribution < -0.4 is 0 Å². The number of benzene rings is 1. The molecule has 0 aliphatic rings. The lowest BCUT2D eigenvalue weighted by Gasteiger charge is -2.08. The minimum atomic E-state index is -0.211.